The standard InChI is InChI=1S/C12H9BrFN3O/c13-7-1-2-9(14)11(5-7)17-12(18)8-6-16-4-3-10(8)15/h1-6H,(H2,15,16)(H,17,18). The van der Waals surface area contributed by atoms with Gasteiger partial charge in [0.2, 0.25) is 0 Å². The second kappa shape index (κ2) is 5.14. The molecule has 6 heteroatoms. The fraction of sp³-hybridized carbons (Fsp3) is 0. The maximum absolute atomic E-state index is 13.5. The Morgan fingerprint density at radius 2 is 2.17 bits per heavy atom. The number of nitrogen functional groups attached to an aromatic ring is 1. The number of halogens is 2. The number of anilines is 2. The monoisotopic (exact) mass is 309 g/mol. The Hall–Kier alpha value is -1.95. The molecule has 0 bridgehead atoms. The van der Waals surface area contributed by atoms with Gasteiger partial charge in [0, 0.05) is 22.6 Å². The second-order valence-corrected chi connectivity index (χ2v) is 4.46. The van der Waals surface area contributed by atoms with E-state index in [1.807, 2.05) is 0 Å². The number of benzene rings is 1. The molecular formula is C12H9BrFN3O. The number of aromatic nitrogens is 1. The van der Waals surface area contributed by atoms with Crippen molar-refractivity contribution in [3.8, 4) is 0 Å². The lowest BCUT2D eigenvalue weighted by Gasteiger charge is -2.08. The van der Waals surface area contributed by atoms with Gasteiger partial charge in [0.25, 0.3) is 5.91 Å². The van der Waals surface area contributed by atoms with Crippen molar-refractivity contribution >= 4 is 33.2 Å². The first-order valence-corrected chi connectivity index (χ1v) is 5.83. The Bertz CT molecular complexity index is 604. The molecule has 92 valence electrons. The van der Waals surface area contributed by atoms with E-state index in [0.717, 1.165) is 0 Å². The van der Waals surface area contributed by atoms with Crippen LogP contribution in [0.1, 0.15) is 10.4 Å². The molecule has 0 radical (unpaired) electrons. The van der Waals surface area contributed by atoms with E-state index in [4.69, 9.17) is 5.73 Å². The molecule has 18 heavy (non-hydrogen) atoms. The topological polar surface area (TPSA) is 68.0 Å². The highest BCUT2D eigenvalue weighted by molar-refractivity contribution is 9.10. The van der Waals surface area contributed by atoms with Crippen molar-refractivity contribution in [3.05, 3.63) is 52.5 Å². The van der Waals surface area contributed by atoms with Gasteiger partial charge in [-0.05, 0) is 24.3 Å². The van der Waals surface area contributed by atoms with Crippen LogP contribution in [-0.2, 0) is 0 Å². The molecule has 1 aromatic carbocycles. The summed E-state index contributed by atoms with van der Waals surface area (Å²) < 4.78 is 14.1. The number of hydrogen-bond donors (Lipinski definition) is 2. The molecule has 4 nitrogen and oxygen atoms in total. The summed E-state index contributed by atoms with van der Waals surface area (Å²) in [5, 5.41) is 2.44. The summed E-state index contributed by atoms with van der Waals surface area (Å²) in [5.74, 6) is -1.02. The van der Waals surface area contributed by atoms with Crippen LogP contribution in [0, 0.1) is 5.82 Å². The van der Waals surface area contributed by atoms with Crippen LogP contribution in [0.5, 0.6) is 0 Å². The van der Waals surface area contributed by atoms with Gasteiger partial charge in [-0.3, -0.25) is 9.78 Å². The van der Waals surface area contributed by atoms with Gasteiger partial charge >= 0.3 is 0 Å². The third-order valence-corrected chi connectivity index (χ3v) is 2.77. The van der Waals surface area contributed by atoms with Crippen LogP contribution in [-0.4, -0.2) is 10.9 Å². The summed E-state index contributed by atoms with van der Waals surface area (Å²) in [6, 6.07) is 5.78. The number of carbonyl (C=O) groups is 1. The molecule has 1 aromatic heterocycles. The minimum atomic E-state index is -0.519. The van der Waals surface area contributed by atoms with Crippen molar-refractivity contribution in [1.82, 2.24) is 4.98 Å². The van der Waals surface area contributed by atoms with Crippen molar-refractivity contribution in [2.45, 2.75) is 0 Å². The molecular weight excluding hydrogens is 301 g/mol. The van der Waals surface area contributed by atoms with Crippen molar-refractivity contribution in [2.75, 3.05) is 11.1 Å². The highest BCUT2D eigenvalue weighted by Crippen LogP contribution is 2.21. The Morgan fingerprint density at radius 1 is 1.39 bits per heavy atom. The first-order valence-electron chi connectivity index (χ1n) is 5.04. The molecule has 0 spiro atoms. The van der Waals surface area contributed by atoms with Crippen LogP contribution >= 0.6 is 15.9 Å². The average molecular weight is 310 g/mol. The van der Waals surface area contributed by atoms with E-state index in [2.05, 4.69) is 26.2 Å². The van der Waals surface area contributed by atoms with Gasteiger partial charge in [-0.25, -0.2) is 4.39 Å². The number of hydrogen-bond acceptors (Lipinski definition) is 3. The molecule has 0 aliphatic carbocycles. The summed E-state index contributed by atoms with van der Waals surface area (Å²) in [5.41, 5.74) is 6.22. The lowest BCUT2D eigenvalue weighted by molar-refractivity contribution is 0.102. The lowest BCUT2D eigenvalue weighted by atomic mass is 10.2. The first-order chi connectivity index (χ1) is 8.58. The Labute approximate surface area is 111 Å². The summed E-state index contributed by atoms with van der Waals surface area (Å²) in [6.45, 7) is 0. The lowest BCUT2D eigenvalue weighted by Crippen LogP contribution is -2.15. The van der Waals surface area contributed by atoms with Crippen molar-refractivity contribution in [3.63, 3.8) is 0 Å². The minimum Gasteiger partial charge on any atom is -0.398 e. The van der Waals surface area contributed by atoms with Gasteiger partial charge in [0.1, 0.15) is 5.82 Å². The van der Waals surface area contributed by atoms with Crippen molar-refractivity contribution in [2.24, 2.45) is 0 Å². The van der Waals surface area contributed by atoms with E-state index in [0.29, 0.717) is 4.47 Å². The van der Waals surface area contributed by atoms with E-state index in [1.54, 1.807) is 6.07 Å². The first kappa shape index (κ1) is 12.5. The van der Waals surface area contributed by atoms with Gasteiger partial charge in [-0.15, -0.1) is 0 Å². The fourth-order valence-electron chi connectivity index (χ4n) is 1.38. The zero-order valence-electron chi connectivity index (χ0n) is 9.15. The molecule has 0 aliphatic heterocycles. The maximum Gasteiger partial charge on any atom is 0.259 e. The van der Waals surface area contributed by atoms with Crippen molar-refractivity contribution < 1.29 is 9.18 Å². The van der Waals surface area contributed by atoms with Crippen LogP contribution in [0.2, 0.25) is 0 Å². The molecule has 2 rings (SSSR count). The number of carbonyl (C=O) groups excluding carboxylic acids is 1. The highest BCUT2D eigenvalue weighted by Gasteiger charge is 2.12. The Kier molecular flexibility index (Phi) is 3.57. The normalized spacial score (nSPS) is 10.1. The molecule has 0 fully saturated rings. The fourth-order valence-corrected chi connectivity index (χ4v) is 1.74. The third kappa shape index (κ3) is 2.65. The number of nitrogens with one attached hydrogen (secondary N) is 1. The van der Waals surface area contributed by atoms with Crippen LogP contribution in [0.25, 0.3) is 0 Å². The molecule has 0 saturated heterocycles. The number of nitrogens with zero attached hydrogens (tertiary/aromatic N) is 1. The van der Waals surface area contributed by atoms with E-state index < -0.39 is 11.7 Å². The van der Waals surface area contributed by atoms with E-state index in [9.17, 15) is 9.18 Å². The maximum atomic E-state index is 13.5. The van der Waals surface area contributed by atoms with E-state index in [-0.39, 0.29) is 16.9 Å². The molecule has 2 aromatic rings. The zero-order valence-corrected chi connectivity index (χ0v) is 10.7. The summed E-state index contributed by atoms with van der Waals surface area (Å²) >= 11 is 3.20. The van der Waals surface area contributed by atoms with Gasteiger partial charge in [-0.2, -0.15) is 0 Å². The van der Waals surface area contributed by atoms with Gasteiger partial charge in [0.15, 0.2) is 0 Å². The average Bonchev–Trinajstić information content (AvgIpc) is 2.34. The summed E-state index contributed by atoms with van der Waals surface area (Å²) in [4.78, 5) is 15.7. The van der Waals surface area contributed by atoms with Gasteiger partial charge < -0.3 is 11.1 Å². The quantitative estimate of drug-likeness (QED) is 0.896. The van der Waals surface area contributed by atoms with Gasteiger partial charge in [0.05, 0.1) is 11.3 Å². The van der Waals surface area contributed by atoms with Crippen LogP contribution in [0.4, 0.5) is 15.8 Å². The molecule has 1 amide bonds. The van der Waals surface area contributed by atoms with Gasteiger partial charge in [-0.1, -0.05) is 15.9 Å². The molecule has 0 aliphatic rings. The number of amides is 1. The van der Waals surface area contributed by atoms with Crippen molar-refractivity contribution in [1.29, 1.82) is 0 Å². The zero-order chi connectivity index (χ0) is 13.1. The number of rotatable bonds is 2. The second-order valence-electron chi connectivity index (χ2n) is 3.54. The third-order valence-electron chi connectivity index (χ3n) is 2.28. The summed E-state index contributed by atoms with van der Waals surface area (Å²) in [7, 11) is 0. The Balaban J connectivity index is 2.27. The molecule has 0 saturated carbocycles. The van der Waals surface area contributed by atoms with E-state index in [1.165, 1.54) is 30.6 Å². The predicted octanol–water partition coefficient (Wildman–Crippen LogP) is 2.82. The van der Waals surface area contributed by atoms with Crippen LogP contribution in [0.3, 0.4) is 0 Å². The van der Waals surface area contributed by atoms with Crippen LogP contribution in [0.15, 0.2) is 41.1 Å². The largest absolute Gasteiger partial charge is 0.398 e. The SMILES string of the molecule is Nc1ccncc1C(=O)Nc1cc(Br)ccc1F. The minimum absolute atomic E-state index is 0.0811. The molecule has 0 unspecified atom stereocenters. The molecule has 0 atom stereocenters. The van der Waals surface area contributed by atoms with Crippen LogP contribution < -0.4 is 11.1 Å². The Morgan fingerprint density at radius 3 is 2.89 bits per heavy atom. The summed E-state index contributed by atoms with van der Waals surface area (Å²) in [6.07, 6.45) is 2.81. The molecule has 3 N–H and O–H groups in total. The molecule has 1 heterocycles. The number of pyridine rings is 1. The highest BCUT2D eigenvalue weighted by atomic mass is 79.9. The van der Waals surface area contributed by atoms with E-state index >= 15 is 0 Å². The smallest absolute Gasteiger partial charge is 0.259 e. The number of nitrogens with two attached hydrogens (primary N) is 1. The predicted molar refractivity (Wildman–Crippen MR) is 70.7 cm³/mol.